The molecule has 0 spiro atoms. The van der Waals surface area contributed by atoms with Crippen molar-refractivity contribution >= 4 is 21.6 Å². The van der Waals surface area contributed by atoms with Crippen LogP contribution in [0.5, 0.6) is 0 Å². The highest BCUT2D eigenvalue weighted by atomic mass is 32.2. The first-order valence-corrected chi connectivity index (χ1v) is 10.9. The predicted octanol–water partition coefficient (Wildman–Crippen LogP) is 3.56. The number of nitrogens with one attached hydrogen (secondary N) is 2. The number of para-hydroxylation sites is 1. The van der Waals surface area contributed by atoms with Crippen LogP contribution in [0.15, 0.2) is 57.9 Å². The maximum atomic E-state index is 12.9. The molecule has 1 aromatic heterocycles. The second kappa shape index (κ2) is 9.39. The maximum Gasteiger partial charge on any atom is 0.416 e. The van der Waals surface area contributed by atoms with Crippen LogP contribution in [0.3, 0.4) is 0 Å². The molecule has 0 saturated heterocycles. The number of nitrogens with zero attached hydrogens (tertiary/aromatic N) is 2. The molecule has 0 aliphatic carbocycles. The molecule has 0 aliphatic rings. The summed E-state index contributed by atoms with van der Waals surface area (Å²) >= 11 is 0. The molecule has 2 aromatic carbocycles. The average Bonchev–Trinajstić information content (AvgIpc) is 3.16. The predicted molar refractivity (Wildman–Crippen MR) is 108 cm³/mol. The molecule has 0 radical (unpaired) electrons. The highest BCUT2D eigenvalue weighted by Crippen LogP contribution is 2.31. The first kappa shape index (κ1) is 23.3. The first-order chi connectivity index (χ1) is 15.1. The fourth-order valence-corrected chi connectivity index (χ4v) is 3.92. The minimum atomic E-state index is -4.69. The molecule has 0 bridgehead atoms. The van der Waals surface area contributed by atoms with Gasteiger partial charge in [-0.25, -0.2) is 8.42 Å². The van der Waals surface area contributed by atoms with Crippen molar-refractivity contribution in [3.8, 4) is 0 Å². The normalized spacial score (nSPS) is 11.9. The van der Waals surface area contributed by atoms with E-state index in [4.69, 9.17) is 4.52 Å². The second-order valence-electron chi connectivity index (χ2n) is 6.77. The van der Waals surface area contributed by atoms with Gasteiger partial charge in [0.15, 0.2) is 5.82 Å². The Balaban J connectivity index is 1.69. The Kier molecular flexibility index (Phi) is 6.82. The van der Waals surface area contributed by atoms with Gasteiger partial charge in [-0.2, -0.15) is 18.2 Å². The lowest BCUT2D eigenvalue weighted by Crippen LogP contribution is -2.26. The summed E-state index contributed by atoms with van der Waals surface area (Å²) < 4.78 is 71.2. The van der Waals surface area contributed by atoms with Gasteiger partial charge in [-0.1, -0.05) is 23.4 Å². The number of rotatable bonds is 8. The fourth-order valence-electron chi connectivity index (χ4n) is 2.79. The number of hydrogen-bond acceptors (Lipinski definition) is 6. The van der Waals surface area contributed by atoms with Crippen molar-refractivity contribution in [2.24, 2.45) is 0 Å². The topological polar surface area (TPSA) is 114 Å². The second-order valence-corrected chi connectivity index (χ2v) is 8.45. The lowest BCUT2D eigenvalue weighted by Gasteiger charge is -2.14. The van der Waals surface area contributed by atoms with Gasteiger partial charge >= 0.3 is 6.18 Å². The molecule has 0 atom stereocenters. The van der Waals surface area contributed by atoms with Crippen molar-refractivity contribution in [1.29, 1.82) is 0 Å². The standard InChI is InChI=1S/C20H19F3N4O4S/c1-13-25-18(31-26-13)10-5-11-24-19(28)16-8-2-3-9-17(16)27-32(29,30)15-7-4-6-14(12-15)20(21,22)23/h2-4,6-9,12,27H,5,10-11H2,1H3,(H,24,28). The third kappa shape index (κ3) is 5.84. The number of hydrogen-bond donors (Lipinski definition) is 2. The van der Waals surface area contributed by atoms with E-state index in [2.05, 4.69) is 20.2 Å². The van der Waals surface area contributed by atoms with E-state index in [1.165, 1.54) is 24.3 Å². The Morgan fingerprint density at radius 1 is 1.12 bits per heavy atom. The Labute approximate surface area is 181 Å². The van der Waals surface area contributed by atoms with E-state index >= 15 is 0 Å². The van der Waals surface area contributed by atoms with E-state index < -0.39 is 32.6 Å². The van der Waals surface area contributed by atoms with Crippen LogP contribution in [-0.2, 0) is 22.6 Å². The lowest BCUT2D eigenvalue weighted by atomic mass is 10.1. The number of benzene rings is 2. The minimum absolute atomic E-state index is 0.0247. The summed E-state index contributed by atoms with van der Waals surface area (Å²) in [6.45, 7) is 1.95. The van der Waals surface area contributed by atoms with E-state index in [0.717, 1.165) is 18.2 Å². The molecular formula is C20H19F3N4O4S. The Morgan fingerprint density at radius 3 is 2.56 bits per heavy atom. The van der Waals surface area contributed by atoms with Crippen LogP contribution in [0.4, 0.5) is 18.9 Å². The number of sulfonamides is 1. The quantitative estimate of drug-likeness (QED) is 0.489. The number of anilines is 1. The number of aromatic nitrogens is 2. The number of halogens is 3. The number of amides is 1. The maximum absolute atomic E-state index is 12.9. The summed E-state index contributed by atoms with van der Waals surface area (Å²) in [4.78, 5) is 16.0. The van der Waals surface area contributed by atoms with Gasteiger partial charge in [-0.05, 0) is 43.7 Å². The Hall–Kier alpha value is -3.41. The minimum Gasteiger partial charge on any atom is -0.352 e. The summed E-state index contributed by atoms with van der Waals surface area (Å²) in [5, 5.41) is 6.33. The van der Waals surface area contributed by atoms with Crippen LogP contribution in [0, 0.1) is 6.92 Å². The van der Waals surface area contributed by atoms with Gasteiger partial charge in [0.25, 0.3) is 15.9 Å². The van der Waals surface area contributed by atoms with E-state index in [0.29, 0.717) is 30.6 Å². The summed E-state index contributed by atoms with van der Waals surface area (Å²) in [6, 6.07) is 9.14. The van der Waals surface area contributed by atoms with Crippen LogP contribution < -0.4 is 10.0 Å². The van der Waals surface area contributed by atoms with Gasteiger partial charge in [0.1, 0.15) is 0 Å². The van der Waals surface area contributed by atoms with Crippen LogP contribution in [0.25, 0.3) is 0 Å². The van der Waals surface area contributed by atoms with E-state index in [1.54, 1.807) is 6.92 Å². The van der Waals surface area contributed by atoms with Crippen molar-refractivity contribution in [1.82, 2.24) is 15.5 Å². The molecule has 3 aromatic rings. The van der Waals surface area contributed by atoms with Crippen molar-refractivity contribution in [3.05, 3.63) is 71.4 Å². The summed E-state index contributed by atoms with van der Waals surface area (Å²) in [5.74, 6) is 0.395. The van der Waals surface area contributed by atoms with Gasteiger partial charge in [0.2, 0.25) is 5.89 Å². The molecule has 3 rings (SSSR count). The lowest BCUT2D eigenvalue weighted by molar-refractivity contribution is -0.137. The van der Waals surface area contributed by atoms with Crippen molar-refractivity contribution in [2.75, 3.05) is 11.3 Å². The molecule has 32 heavy (non-hydrogen) atoms. The third-order valence-electron chi connectivity index (χ3n) is 4.31. The number of carbonyl (C=O) groups is 1. The number of alkyl halides is 3. The van der Waals surface area contributed by atoms with E-state index in [9.17, 15) is 26.4 Å². The fraction of sp³-hybridized carbons (Fsp3) is 0.250. The van der Waals surface area contributed by atoms with Gasteiger partial charge in [0.05, 0.1) is 21.7 Å². The largest absolute Gasteiger partial charge is 0.416 e. The highest BCUT2D eigenvalue weighted by molar-refractivity contribution is 7.92. The number of aryl methyl sites for hydroxylation is 2. The number of carbonyl (C=O) groups excluding carboxylic acids is 1. The molecular weight excluding hydrogens is 449 g/mol. The van der Waals surface area contributed by atoms with Crippen molar-refractivity contribution in [2.45, 2.75) is 30.8 Å². The molecule has 12 heteroatoms. The first-order valence-electron chi connectivity index (χ1n) is 9.43. The molecule has 2 N–H and O–H groups in total. The Bertz CT molecular complexity index is 1210. The van der Waals surface area contributed by atoms with E-state index in [-0.39, 0.29) is 17.8 Å². The molecule has 0 saturated carbocycles. The summed E-state index contributed by atoms with van der Waals surface area (Å²) in [5.41, 5.74) is -1.13. The smallest absolute Gasteiger partial charge is 0.352 e. The highest BCUT2D eigenvalue weighted by Gasteiger charge is 2.31. The Morgan fingerprint density at radius 2 is 1.88 bits per heavy atom. The average molecular weight is 468 g/mol. The summed E-state index contributed by atoms with van der Waals surface area (Å²) in [6.07, 6.45) is -3.74. The monoisotopic (exact) mass is 468 g/mol. The molecule has 0 aliphatic heterocycles. The molecule has 0 unspecified atom stereocenters. The van der Waals surface area contributed by atoms with Gasteiger partial charge in [0, 0.05) is 13.0 Å². The van der Waals surface area contributed by atoms with Crippen molar-refractivity contribution < 1.29 is 30.9 Å². The summed E-state index contributed by atoms with van der Waals surface area (Å²) in [7, 11) is -4.37. The van der Waals surface area contributed by atoms with Crippen LogP contribution in [0.1, 0.15) is 34.1 Å². The van der Waals surface area contributed by atoms with Gasteiger partial charge < -0.3 is 9.84 Å². The zero-order chi connectivity index (χ0) is 23.4. The molecule has 170 valence electrons. The third-order valence-corrected chi connectivity index (χ3v) is 5.67. The molecule has 8 nitrogen and oxygen atoms in total. The zero-order valence-electron chi connectivity index (χ0n) is 16.8. The zero-order valence-corrected chi connectivity index (χ0v) is 17.6. The van der Waals surface area contributed by atoms with Crippen molar-refractivity contribution in [3.63, 3.8) is 0 Å². The van der Waals surface area contributed by atoms with Crippen LogP contribution in [-0.4, -0.2) is 31.0 Å². The van der Waals surface area contributed by atoms with Gasteiger partial charge in [-0.3, -0.25) is 9.52 Å². The van der Waals surface area contributed by atoms with E-state index in [1.807, 2.05) is 0 Å². The van der Waals surface area contributed by atoms with Gasteiger partial charge in [-0.15, -0.1) is 0 Å². The molecule has 1 heterocycles. The van der Waals surface area contributed by atoms with Crippen LogP contribution >= 0.6 is 0 Å². The SMILES string of the molecule is Cc1noc(CCCNC(=O)c2ccccc2NS(=O)(=O)c2cccc(C(F)(F)F)c2)n1. The van der Waals surface area contributed by atoms with Crippen LogP contribution in [0.2, 0.25) is 0 Å². The molecule has 1 amide bonds. The molecule has 0 fully saturated rings.